The molecule has 3 aromatic rings. The minimum atomic E-state index is -3.45. The van der Waals surface area contributed by atoms with E-state index in [0.717, 1.165) is 22.0 Å². The number of benzene rings is 2. The number of nitrogens with one attached hydrogen (secondary N) is 2. The monoisotopic (exact) mass is 398 g/mol. The number of fused-ring (bicyclic) bond motifs is 1. The van der Waals surface area contributed by atoms with Crippen LogP contribution in [0.3, 0.4) is 0 Å². The van der Waals surface area contributed by atoms with E-state index < -0.39 is 10.0 Å². The van der Waals surface area contributed by atoms with E-state index in [1.165, 1.54) is 5.56 Å². The van der Waals surface area contributed by atoms with E-state index in [9.17, 15) is 13.2 Å². The molecule has 2 N–H and O–H groups in total. The average molecular weight is 399 g/mol. The lowest BCUT2D eigenvalue weighted by Gasteiger charge is -2.09. The third-order valence-corrected chi connectivity index (χ3v) is 6.16. The van der Waals surface area contributed by atoms with Gasteiger partial charge in [-0.25, -0.2) is 13.1 Å². The third kappa shape index (κ3) is 5.09. The van der Waals surface area contributed by atoms with Gasteiger partial charge in [-0.2, -0.15) is 0 Å². The van der Waals surface area contributed by atoms with Gasteiger partial charge >= 0.3 is 0 Å². The van der Waals surface area contributed by atoms with Gasteiger partial charge in [-0.15, -0.1) is 0 Å². The van der Waals surface area contributed by atoms with Gasteiger partial charge in [0.1, 0.15) is 0 Å². The molecule has 0 fully saturated rings. The van der Waals surface area contributed by atoms with Gasteiger partial charge in [0.25, 0.3) is 5.56 Å². The highest BCUT2D eigenvalue weighted by Gasteiger charge is 2.12. The molecule has 0 aliphatic heterocycles. The number of hydrogen-bond acceptors (Lipinski definition) is 3. The van der Waals surface area contributed by atoms with E-state index in [1.54, 1.807) is 0 Å². The Kier molecular flexibility index (Phi) is 6.01. The van der Waals surface area contributed by atoms with Gasteiger partial charge in [0, 0.05) is 17.6 Å². The first kappa shape index (κ1) is 20.3. The lowest BCUT2D eigenvalue weighted by molar-refractivity contribution is 0.580. The molecule has 0 atom stereocenters. The van der Waals surface area contributed by atoms with Crippen molar-refractivity contribution in [3.8, 4) is 0 Å². The maximum atomic E-state index is 12.3. The van der Waals surface area contributed by atoms with Crippen LogP contribution >= 0.6 is 0 Å². The smallest absolute Gasteiger partial charge is 0.251 e. The van der Waals surface area contributed by atoms with E-state index in [0.29, 0.717) is 17.9 Å². The van der Waals surface area contributed by atoms with Crippen molar-refractivity contribution in [3.05, 3.63) is 81.1 Å². The molecule has 1 heterocycles. The summed E-state index contributed by atoms with van der Waals surface area (Å²) in [6, 6.07) is 15.3. The Labute approximate surface area is 165 Å². The van der Waals surface area contributed by atoms with Crippen LogP contribution in [0, 0.1) is 6.92 Å². The number of H-pyrrole nitrogens is 1. The average Bonchev–Trinajstić information content (AvgIpc) is 2.63. The number of hydrogen-bond donors (Lipinski definition) is 2. The van der Waals surface area contributed by atoms with E-state index in [2.05, 4.69) is 29.6 Å². The quantitative estimate of drug-likeness (QED) is 0.638. The van der Waals surface area contributed by atoms with Crippen molar-refractivity contribution in [2.24, 2.45) is 0 Å². The normalized spacial score (nSPS) is 12.0. The molecule has 0 spiro atoms. The minimum Gasteiger partial charge on any atom is -0.322 e. The number of pyridine rings is 1. The summed E-state index contributed by atoms with van der Waals surface area (Å²) >= 11 is 0. The lowest BCUT2D eigenvalue weighted by Crippen LogP contribution is -2.28. The number of rotatable bonds is 7. The Bertz CT molecular complexity index is 1130. The van der Waals surface area contributed by atoms with Gasteiger partial charge in [-0.1, -0.05) is 49.7 Å². The third-order valence-electron chi connectivity index (χ3n) is 4.81. The van der Waals surface area contributed by atoms with E-state index in [1.807, 2.05) is 49.4 Å². The van der Waals surface area contributed by atoms with Crippen molar-refractivity contribution in [3.63, 3.8) is 0 Å². The van der Waals surface area contributed by atoms with Gasteiger partial charge in [0.2, 0.25) is 10.0 Å². The predicted molar refractivity (Wildman–Crippen MR) is 114 cm³/mol. The Morgan fingerprint density at radius 2 is 1.75 bits per heavy atom. The zero-order chi connectivity index (χ0) is 20.3. The van der Waals surface area contributed by atoms with Crippen molar-refractivity contribution in [2.45, 2.75) is 38.9 Å². The first-order valence-electron chi connectivity index (χ1n) is 9.42. The molecule has 0 saturated carbocycles. The van der Waals surface area contributed by atoms with Gasteiger partial charge in [-0.3, -0.25) is 4.79 Å². The van der Waals surface area contributed by atoms with Crippen LogP contribution in [0.2, 0.25) is 0 Å². The van der Waals surface area contributed by atoms with Crippen molar-refractivity contribution >= 4 is 20.9 Å². The molecule has 0 radical (unpaired) electrons. The molecule has 0 amide bonds. The second-order valence-electron chi connectivity index (χ2n) is 7.51. The Morgan fingerprint density at radius 3 is 2.43 bits per heavy atom. The van der Waals surface area contributed by atoms with Gasteiger partial charge < -0.3 is 4.98 Å². The van der Waals surface area contributed by atoms with Crippen LogP contribution in [0.25, 0.3) is 10.9 Å². The highest BCUT2D eigenvalue weighted by atomic mass is 32.2. The molecule has 0 unspecified atom stereocenters. The zero-order valence-electron chi connectivity index (χ0n) is 16.5. The summed E-state index contributed by atoms with van der Waals surface area (Å²) < 4.78 is 27.2. The van der Waals surface area contributed by atoms with Gasteiger partial charge in [0.05, 0.1) is 5.75 Å². The molecule has 0 bridgehead atoms. The Morgan fingerprint density at radius 1 is 1.04 bits per heavy atom. The summed E-state index contributed by atoms with van der Waals surface area (Å²) in [5.41, 5.74) is 4.21. The second-order valence-corrected chi connectivity index (χ2v) is 9.32. The van der Waals surface area contributed by atoms with Crippen LogP contribution in [-0.4, -0.2) is 19.9 Å². The largest absolute Gasteiger partial charge is 0.322 e. The van der Waals surface area contributed by atoms with Crippen molar-refractivity contribution in [1.29, 1.82) is 0 Å². The minimum absolute atomic E-state index is 0.0703. The van der Waals surface area contributed by atoms with Crippen molar-refractivity contribution in [1.82, 2.24) is 9.71 Å². The molecule has 2 aromatic carbocycles. The molecule has 0 aliphatic carbocycles. The fourth-order valence-electron chi connectivity index (χ4n) is 3.11. The fourth-order valence-corrected chi connectivity index (χ4v) is 4.26. The van der Waals surface area contributed by atoms with Crippen LogP contribution in [0.5, 0.6) is 0 Å². The van der Waals surface area contributed by atoms with Gasteiger partial charge in [0.15, 0.2) is 0 Å². The molecule has 1 aromatic heterocycles. The van der Waals surface area contributed by atoms with Crippen LogP contribution in [-0.2, 0) is 22.2 Å². The highest BCUT2D eigenvalue weighted by molar-refractivity contribution is 7.88. The molecule has 6 heteroatoms. The molecule has 28 heavy (non-hydrogen) atoms. The maximum absolute atomic E-state index is 12.3. The van der Waals surface area contributed by atoms with E-state index in [4.69, 9.17) is 0 Å². The van der Waals surface area contributed by atoms with E-state index in [-0.39, 0.29) is 17.9 Å². The zero-order valence-corrected chi connectivity index (χ0v) is 17.3. The highest BCUT2D eigenvalue weighted by Crippen LogP contribution is 2.20. The molecule has 0 saturated heterocycles. The Balaban J connectivity index is 1.69. The van der Waals surface area contributed by atoms with Gasteiger partial charge in [-0.05, 0) is 54.0 Å². The second kappa shape index (κ2) is 8.29. The van der Waals surface area contributed by atoms with Crippen LogP contribution in [0.1, 0.15) is 42.0 Å². The standard InChI is InChI=1S/C22H26N2O3S/c1-15(2)18-8-9-21-20(12-18)13-19(22(25)24-21)10-11-23-28(26,27)14-17-6-4-16(3)5-7-17/h4-9,12-13,15,23H,10-11,14H2,1-3H3,(H,24,25). The summed E-state index contributed by atoms with van der Waals surface area (Å²) in [7, 11) is -3.45. The number of sulfonamides is 1. The molecular formula is C22H26N2O3S. The summed E-state index contributed by atoms with van der Waals surface area (Å²) in [5.74, 6) is 0.326. The summed E-state index contributed by atoms with van der Waals surface area (Å²) in [4.78, 5) is 15.2. The SMILES string of the molecule is Cc1ccc(CS(=O)(=O)NCCc2cc3cc(C(C)C)ccc3[nH]c2=O)cc1. The number of aromatic amines is 1. The number of aryl methyl sites for hydroxylation is 1. The summed E-state index contributed by atoms with van der Waals surface area (Å²) in [5, 5.41) is 0.961. The molecule has 3 rings (SSSR count). The molecule has 0 aliphatic rings. The van der Waals surface area contributed by atoms with Crippen molar-refractivity contribution < 1.29 is 8.42 Å². The molecular weight excluding hydrogens is 372 g/mol. The summed E-state index contributed by atoms with van der Waals surface area (Å²) in [6.45, 7) is 6.39. The van der Waals surface area contributed by atoms with Crippen LogP contribution in [0.15, 0.2) is 53.3 Å². The predicted octanol–water partition coefficient (Wildman–Crippen LogP) is 3.62. The van der Waals surface area contributed by atoms with Crippen LogP contribution in [0.4, 0.5) is 0 Å². The lowest BCUT2D eigenvalue weighted by atomic mass is 10.0. The number of aromatic nitrogens is 1. The first-order valence-corrected chi connectivity index (χ1v) is 11.1. The Hall–Kier alpha value is -2.44. The first-order chi connectivity index (χ1) is 13.2. The van der Waals surface area contributed by atoms with Crippen molar-refractivity contribution in [2.75, 3.05) is 6.54 Å². The molecule has 148 valence electrons. The molecule has 5 nitrogen and oxygen atoms in total. The topological polar surface area (TPSA) is 79.0 Å². The summed E-state index contributed by atoms with van der Waals surface area (Å²) in [6.07, 6.45) is 0.338. The van der Waals surface area contributed by atoms with E-state index >= 15 is 0 Å². The van der Waals surface area contributed by atoms with Crippen LogP contribution < -0.4 is 10.3 Å². The maximum Gasteiger partial charge on any atom is 0.251 e. The fraction of sp³-hybridized carbons (Fsp3) is 0.318.